The van der Waals surface area contributed by atoms with E-state index in [4.69, 9.17) is 12.2 Å². The van der Waals surface area contributed by atoms with Gasteiger partial charge in [-0.05, 0) is 69.4 Å². The lowest BCUT2D eigenvalue weighted by Gasteiger charge is -2.27. The average molecular weight is 278 g/mol. The Morgan fingerprint density at radius 2 is 1.74 bits per heavy atom. The molecule has 0 aliphatic rings. The van der Waals surface area contributed by atoms with E-state index in [-0.39, 0.29) is 5.54 Å². The van der Waals surface area contributed by atoms with Gasteiger partial charge in [0.2, 0.25) is 0 Å². The van der Waals surface area contributed by atoms with Crippen molar-refractivity contribution >= 4 is 23.0 Å². The molecule has 19 heavy (non-hydrogen) atoms. The van der Waals surface area contributed by atoms with Crippen molar-refractivity contribution in [2.45, 2.75) is 59.9 Å². The second-order valence-electron chi connectivity index (χ2n) is 5.72. The molecule has 3 heteroatoms. The van der Waals surface area contributed by atoms with Crippen molar-refractivity contribution in [3.63, 3.8) is 0 Å². The zero-order valence-corrected chi connectivity index (χ0v) is 13.8. The number of aryl methyl sites for hydroxylation is 2. The van der Waals surface area contributed by atoms with Gasteiger partial charge in [0.1, 0.15) is 0 Å². The lowest BCUT2D eigenvalue weighted by molar-refractivity contribution is 0.448. The van der Waals surface area contributed by atoms with Crippen molar-refractivity contribution in [2.24, 2.45) is 0 Å². The van der Waals surface area contributed by atoms with Crippen molar-refractivity contribution in [2.75, 3.05) is 5.32 Å². The average Bonchev–Trinajstić information content (AvgIpc) is 2.33. The quantitative estimate of drug-likeness (QED) is 0.801. The van der Waals surface area contributed by atoms with Crippen LogP contribution < -0.4 is 10.6 Å². The smallest absolute Gasteiger partial charge is 0.171 e. The molecule has 1 aromatic rings. The second kappa shape index (κ2) is 6.38. The van der Waals surface area contributed by atoms with E-state index in [1.54, 1.807) is 0 Å². The summed E-state index contributed by atoms with van der Waals surface area (Å²) in [6, 6.07) is 4.32. The summed E-state index contributed by atoms with van der Waals surface area (Å²) < 4.78 is 0. The first kappa shape index (κ1) is 16.0. The molecule has 0 atom stereocenters. The first-order valence-electron chi connectivity index (χ1n) is 6.99. The first-order valence-corrected chi connectivity index (χ1v) is 7.39. The third-order valence-corrected chi connectivity index (χ3v) is 3.89. The molecular formula is C16H26N2S. The second-order valence-corrected chi connectivity index (χ2v) is 6.13. The van der Waals surface area contributed by atoms with E-state index in [9.17, 15) is 0 Å². The fourth-order valence-electron chi connectivity index (χ4n) is 2.04. The fourth-order valence-corrected chi connectivity index (χ4v) is 2.42. The van der Waals surface area contributed by atoms with Gasteiger partial charge < -0.3 is 10.6 Å². The molecule has 1 rings (SSSR count). The van der Waals surface area contributed by atoms with E-state index in [1.165, 1.54) is 16.7 Å². The molecule has 0 heterocycles. The van der Waals surface area contributed by atoms with E-state index in [0.717, 1.165) is 18.5 Å². The molecule has 0 bridgehead atoms. The molecule has 0 unspecified atom stereocenters. The molecule has 106 valence electrons. The summed E-state index contributed by atoms with van der Waals surface area (Å²) in [7, 11) is 0. The zero-order chi connectivity index (χ0) is 14.6. The molecule has 2 nitrogen and oxygen atoms in total. The number of rotatable bonds is 4. The third kappa shape index (κ3) is 4.20. The van der Waals surface area contributed by atoms with Crippen molar-refractivity contribution < 1.29 is 0 Å². The van der Waals surface area contributed by atoms with Gasteiger partial charge in [-0.2, -0.15) is 0 Å². The van der Waals surface area contributed by atoms with Crippen LogP contribution in [-0.4, -0.2) is 10.7 Å². The standard InChI is InChI=1S/C16H26N2S/c1-7-13-11(3)9-10-12(4)14(13)17-15(19)18-16(5,6)8-2/h9-10H,7-8H2,1-6H3,(H2,17,18,19). The molecule has 0 amide bonds. The maximum Gasteiger partial charge on any atom is 0.171 e. The minimum atomic E-state index is 0.0220. The van der Waals surface area contributed by atoms with Crippen LogP contribution in [0.15, 0.2) is 12.1 Å². The Hall–Kier alpha value is -1.09. The van der Waals surface area contributed by atoms with E-state index in [1.807, 2.05) is 0 Å². The number of hydrogen-bond donors (Lipinski definition) is 2. The monoisotopic (exact) mass is 278 g/mol. The summed E-state index contributed by atoms with van der Waals surface area (Å²) >= 11 is 5.44. The van der Waals surface area contributed by atoms with E-state index < -0.39 is 0 Å². The van der Waals surface area contributed by atoms with E-state index in [0.29, 0.717) is 5.11 Å². The Kier molecular flexibility index (Phi) is 5.36. The van der Waals surface area contributed by atoms with E-state index in [2.05, 4.69) is 64.3 Å². The van der Waals surface area contributed by atoms with Gasteiger partial charge in [0, 0.05) is 11.2 Å². The topological polar surface area (TPSA) is 24.1 Å². The van der Waals surface area contributed by atoms with Crippen molar-refractivity contribution in [1.82, 2.24) is 5.32 Å². The number of hydrogen-bond acceptors (Lipinski definition) is 1. The summed E-state index contributed by atoms with van der Waals surface area (Å²) in [6.07, 6.45) is 2.04. The van der Waals surface area contributed by atoms with Crippen LogP contribution >= 0.6 is 12.2 Å². The number of anilines is 1. The Bertz CT molecular complexity index is 464. The predicted molar refractivity (Wildman–Crippen MR) is 89.0 cm³/mol. The number of nitrogens with one attached hydrogen (secondary N) is 2. The van der Waals surface area contributed by atoms with Crippen molar-refractivity contribution in [3.8, 4) is 0 Å². The van der Waals surface area contributed by atoms with Gasteiger partial charge in [0.15, 0.2) is 5.11 Å². The summed E-state index contributed by atoms with van der Waals surface area (Å²) in [5.41, 5.74) is 5.08. The highest BCUT2D eigenvalue weighted by Crippen LogP contribution is 2.25. The van der Waals surface area contributed by atoms with Gasteiger partial charge in [-0.25, -0.2) is 0 Å². The SMILES string of the molecule is CCc1c(C)ccc(C)c1NC(=S)NC(C)(C)CC. The minimum absolute atomic E-state index is 0.0220. The lowest BCUT2D eigenvalue weighted by atomic mass is 10.00. The van der Waals surface area contributed by atoms with Gasteiger partial charge in [0.05, 0.1) is 0 Å². The van der Waals surface area contributed by atoms with Gasteiger partial charge in [-0.3, -0.25) is 0 Å². The zero-order valence-electron chi connectivity index (χ0n) is 13.0. The van der Waals surface area contributed by atoms with Crippen LogP contribution in [0.1, 0.15) is 50.8 Å². The highest BCUT2D eigenvalue weighted by atomic mass is 32.1. The molecule has 1 aromatic carbocycles. The molecule has 0 spiro atoms. The molecule has 0 aliphatic heterocycles. The van der Waals surface area contributed by atoms with Gasteiger partial charge in [0.25, 0.3) is 0 Å². The maximum atomic E-state index is 5.44. The van der Waals surface area contributed by atoms with Crippen LogP contribution in [0.2, 0.25) is 0 Å². The molecule has 0 aromatic heterocycles. The Labute approximate surface area is 123 Å². The summed E-state index contributed by atoms with van der Waals surface area (Å²) in [5, 5.41) is 7.46. The van der Waals surface area contributed by atoms with Gasteiger partial charge in [-0.15, -0.1) is 0 Å². The fraction of sp³-hybridized carbons (Fsp3) is 0.562. The summed E-state index contributed by atoms with van der Waals surface area (Å²) in [6.45, 7) is 12.9. The number of thiocarbonyl (C=S) groups is 1. The van der Waals surface area contributed by atoms with Crippen molar-refractivity contribution in [3.05, 3.63) is 28.8 Å². The highest BCUT2D eigenvalue weighted by Gasteiger charge is 2.17. The molecule has 0 aliphatic carbocycles. The molecule has 0 saturated carbocycles. The van der Waals surface area contributed by atoms with Crippen molar-refractivity contribution in [1.29, 1.82) is 0 Å². The lowest BCUT2D eigenvalue weighted by Crippen LogP contribution is -2.45. The van der Waals surface area contributed by atoms with Crippen LogP contribution in [0.3, 0.4) is 0 Å². The molecule has 0 radical (unpaired) electrons. The molecular weight excluding hydrogens is 252 g/mol. The third-order valence-electron chi connectivity index (χ3n) is 3.68. The number of benzene rings is 1. The first-order chi connectivity index (χ1) is 8.80. The molecule has 2 N–H and O–H groups in total. The summed E-state index contributed by atoms with van der Waals surface area (Å²) in [5.74, 6) is 0. The Morgan fingerprint density at radius 3 is 2.26 bits per heavy atom. The van der Waals surface area contributed by atoms with Crippen LogP contribution in [0.25, 0.3) is 0 Å². The summed E-state index contributed by atoms with van der Waals surface area (Å²) in [4.78, 5) is 0. The van der Waals surface area contributed by atoms with E-state index >= 15 is 0 Å². The highest BCUT2D eigenvalue weighted by molar-refractivity contribution is 7.80. The Morgan fingerprint density at radius 1 is 1.16 bits per heavy atom. The molecule has 0 saturated heterocycles. The minimum Gasteiger partial charge on any atom is -0.358 e. The largest absolute Gasteiger partial charge is 0.358 e. The molecule has 0 fully saturated rings. The van der Waals surface area contributed by atoms with Crippen LogP contribution in [0.5, 0.6) is 0 Å². The van der Waals surface area contributed by atoms with Gasteiger partial charge in [-0.1, -0.05) is 26.0 Å². The van der Waals surface area contributed by atoms with Crippen LogP contribution in [0.4, 0.5) is 5.69 Å². The predicted octanol–water partition coefficient (Wildman–Crippen LogP) is 4.34. The maximum absolute atomic E-state index is 5.44. The van der Waals surface area contributed by atoms with Crippen LogP contribution in [-0.2, 0) is 6.42 Å². The normalized spacial score (nSPS) is 11.3. The van der Waals surface area contributed by atoms with Crippen LogP contribution in [0, 0.1) is 13.8 Å². The van der Waals surface area contributed by atoms with Gasteiger partial charge >= 0.3 is 0 Å². The Balaban J connectivity index is 2.94.